The largest absolute Gasteiger partial charge is 0.359 e. The minimum Gasteiger partial charge on any atom is -0.359 e. The summed E-state index contributed by atoms with van der Waals surface area (Å²) in [5.41, 5.74) is -0.677. The highest BCUT2D eigenvalue weighted by molar-refractivity contribution is 6.42. The number of likely N-dealkylation sites (N-methyl/N-ethyl adjacent to an activating group) is 1. The van der Waals surface area contributed by atoms with Gasteiger partial charge in [0.2, 0.25) is 17.7 Å². The number of benzene rings is 1. The van der Waals surface area contributed by atoms with Crippen LogP contribution in [0.4, 0.5) is 5.69 Å². The number of ether oxygens (including phenoxy) is 1. The van der Waals surface area contributed by atoms with Gasteiger partial charge < -0.3 is 25.2 Å². The summed E-state index contributed by atoms with van der Waals surface area (Å²) in [7, 11) is 0. The lowest BCUT2D eigenvalue weighted by Crippen LogP contribution is -2.57. The molecule has 1 spiro atoms. The lowest BCUT2D eigenvalue weighted by molar-refractivity contribution is -0.141. The van der Waals surface area contributed by atoms with Crippen LogP contribution in [0, 0.1) is 11.8 Å². The molecule has 1 aromatic carbocycles. The molecule has 1 aromatic rings. The Morgan fingerprint density at radius 2 is 1.84 bits per heavy atom. The molecule has 1 aliphatic carbocycles. The van der Waals surface area contributed by atoms with Gasteiger partial charge in [0.1, 0.15) is 11.6 Å². The summed E-state index contributed by atoms with van der Waals surface area (Å²) in [6, 6.07) is 4.14. The molecule has 5 atom stereocenters. The van der Waals surface area contributed by atoms with Crippen LogP contribution >= 0.6 is 23.2 Å². The van der Waals surface area contributed by atoms with Crippen LogP contribution in [0.1, 0.15) is 46.0 Å². The Balaban J connectivity index is 1.42. The van der Waals surface area contributed by atoms with E-state index in [1.54, 1.807) is 23.1 Å². The predicted octanol–water partition coefficient (Wildman–Crippen LogP) is 3.87. The average molecular weight is 564 g/mol. The van der Waals surface area contributed by atoms with Gasteiger partial charge in [-0.3, -0.25) is 14.4 Å². The maximum atomic E-state index is 14.0. The third kappa shape index (κ3) is 4.85. The number of hydrogen-bond donors (Lipinski definition) is 2. The van der Waals surface area contributed by atoms with Gasteiger partial charge >= 0.3 is 0 Å². The van der Waals surface area contributed by atoms with E-state index in [1.165, 1.54) is 6.42 Å². The highest BCUT2D eigenvalue weighted by Crippen LogP contribution is 2.55. The molecule has 3 heterocycles. The van der Waals surface area contributed by atoms with Crippen molar-refractivity contribution in [2.75, 3.05) is 31.5 Å². The van der Waals surface area contributed by atoms with Crippen LogP contribution in [0.25, 0.3) is 0 Å². The zero-order chi connectivity index (χ0) is 27.0. The van der Waals surface area contributed by atoms with E-state index in [4.69, 9.17) is 27.9 Å². The molecule has 0 aromatic heterocycles. The van der Waals surface area contributed by atoms with E-state index in [0.717, 1.165) is 38.8 Å². The molecule has 206 valence electrons. The second-order valence-corrected chi connectivity index (χ2v) is 11.5. The SMILES string of the molecule is CCN(CC)CCN1C(=O)[C@@H]2[C@@H](C(=O)Nc3ccc(Cl)c(Cl)c3)[C@@H]3C=C[C@@]2(O3)[C@@H]1C(=O)NC1CCCCC1. The highest BCUT2D eigenvalue weighted by atomic mass is 35.5. The lowest BCUT2D eigenvalue weighted by atomic mass is 9.74. The number of nitrogens with zero attached hydrogens (tertiary/aromatic N) is 2. The van der Waals surface area contributed by atoms with Crippen LogP contribution in [-0.4, -0.2) is 77.5 Å². The first-order valence-electron chi connectivity index (χ1n) is 13.7. The molecule has 3 aliphatic heterocycles. The summed E-state index contributed by atoms with van der Waals surface area (Å²) >= 11 is 12.2. The van der Waals surface area contributed by atoms with Gasteiger partial charge in [0.05, 0.1) is 28.0 Å². The molecule has 1 saturated carbocycles. The third-order valence-electron chi connectivity index (χ3n) is 8.62. The van der Waals surface area contributed by atoms with Crippen molar-refractivity contribution < 1.29 is 19.1 Å². The van der Waals surface area contributed by atoms with Crippen LogP contribution in [0.15, 0.2) is 30.4 Å². The van der Waals surface area contributed by atoms with Crippen LogP contribution in [-0.2, 0) is 19.1 Å². The van der Waals surface area contributed by atoms with Gasteiger partial charge in [0.15, 0.2) is 0 Å². The van der Waals surface area contributed by atoms with Gasteiger partial charge in [-0.25, -0.2) is 0 Å². The topological polar surface area (TPSA) is 91.0 Å². The van der Waals surface area contributed by atoms with Crippen molar-refractivity contribution in [2.24, 2.45) is 11.8 Å². The smallest absolute Gasteiger partial charge is 0.246 e. The number of amides is 3. The molecule has 2 saturated heterocycles. The zero-order valence-electron chi connectivity index (χ0n) is 21.9. The molecule has 5 rings (SSSR count). The van der Waals surface area contributed by atoms with Crippen molar-refractivity contribution in [3.05, 3.63) is 40.4 Å². The van der Waals surface area contributed by atoms with E-state index in [9.17, 15) is 14.4 Å². The molecule has 10 heteroatoms. The summed E-state index contributed by atoms with van der Waals surface area (Å²) in [5.74, 6) is -2.27. The predicted molar refractivity (Wildman–Crippen MR) is 147 cm³/mol. The first kappa shape index (κ1) is 27.4. The van der Waals surface area contributed by atoms with E-state index in [1.807, 2.05) is 12.2 Å². The van der Waals surface area contributed by atoms with Gasteiger partial charge in [-0.15, -0.1) is 0 Å². The Bertz CT molecular complexity index is 1120. The number of rotatable bonds is 9. The number of hydrogen-bond acceptors (Lipinski definition) is 5. The standard InChI is InChI=1S/C28H36Cl2N4O4/c1-3-33(4-2)14-15-34-24(26(36)31-17-8-6-5-7-9-17)28-13-12-21(38-28)22(23(28)27(34)37)25(35)32-18-10-11-19(29)20(30)16-18/h10-13,16-17,21-24H,3-9,14-15H2,1-2H3,(H,31,36)(H,32,35)/t21-,22-,23-,24-,28-/m0/s1. The normalized spacial score (nSPS) is 30.2. The number of carbonyl (C=O) groups excluding carboxylic acids is 3. The number of fused-ring (bicyclic) bond motifs is 1. The summed E-state index contributed by atoms with van der Waals surface area (Å²) < 4.78 is 6.43. The first-order valence-corrected chi connectivity index (χ1v) is 14.5. The first-order chi connectivity index (χ1) is 18.3. The number of likely N-dealkylation sites (tertiary alicyclic amines) is 1. The van der Waals surface area contributed by atoms with Crippen LogP contribution in [0.5, 0.6) is 0 Å². The molecule has 2 bridgehead atoms. The Kier molecular flexibility index (Phi) is 8.06. The van der Waals surface area contributed by atoms with Crippen molar-refractivity contribution in [3.63, 3.8) is 0 Å². The van der Waals surface area contributed by atoms with Crippen molar-refractivity contribution >= 4 is 46.6 Å². The van der Waals surface area contributed by atoms with Gasteiger partial charge in [-0.1, -0.05) is 68.5 Å². The van der Waals surface area contributed by atoms with Gasteiger partial charge in [0, 0.05) is 24.8 Å². The van der Waals surface area contributed by atoms with E-state index in [-0.39, 0.29) is 23.8 Å². The van der Waals surface area contributed by atoms with E-state index in [2.05, 4.69) is 29.4 Å². The van der Waals surface area contributed by atoms with Crippen molar-refractivity contribution in [1.29, 1.82) is 0 Å². The molecular formula is C28H36Cl2N4O4. The minimum absolute atomic E-state index is 0.0998. The Labute approximate surface area is 234 Å². The van der Waals surface area contributed by atoms with E-state index >= 15 is 0 Å². The van der Waals surface area contributed by atoms with Gasteiger partial charge in [-0.05, 0) is 44.1 Å². The summed E-state index contributed by atoms with van der Waals surface area (Å²) in [4.78, 5) is 45.3. The minimum atomic E-state index is -1.16. The lowest BCUT2D eigenvalue weighted by Gasteiger charge is -2.34. The van der Waals surface area contributed by atoms with Crippen molar-refractivity contribution in [1.82, 2.24) is 15.1 Å². The number of nitrogens with one attached hydrogen (secondary N) is 2. The molecule has 3 fully saturated rings. The summed E-state index contributed by atoms with van der Waals surface area (Å²) in [6.45, 7) is 6.88. The number of halogens is 2. The number of anilines is 1. The zero-order valence-corrected chi connectivity index (χ0v) is 23.4. The molecule has 0 unspecified atom stereocenters. The maximum absolute atomic E-state index is 14.0. The summed E-state index contributed by atoms with van der Waals surface area (Å²) in [5, 5.41) is 6.82. The molecule has 3 amide bonds. The quantitative estimate of drug-likeness (QED) is 0.446. The third-order valence-corrected chi connectivity index (χ3v) is 9.35. The fourth-order valence-corrected chi connectivity index (χ4v) is 6.92. The monoisotopic (exact) mass is 562 g/mol. The molecular weight excluding hydrogens is 527 g/mol. The Hall–Kier alpha value is -2.13. The second kappa shape index (κ2) is 11.2. The van der Waals surface area contributed by atoms with Gasteiger partial charge in [-0.2, -0.15) is 0 Å². The Morgan fingerprint density at radius 1 is 1.11 bits per heavy atom. The van der Waals surface area contributed by atoms with Gasteiger partial charge in [0.25, 0.3) is 0 Å². The summed E-state index contributed by atoms with van der Waals surface area (Å²) in [6.07, 6.45) is 8.34. The molecule has 2 N–H and O–H groups in total. The number of carbonyl (C=O) groups is 3. The highest BCUT2D eigenvalue weighted by Gasteiger charge is 2.72. The fraction of sp³-hybridized carbons (Fsp3) is 0.607. The molecule has 38 heavy (non-hydrogen) atoms. The second-order valence-electron chi connectivity index (χ2n) is 10.7. The van der Waals surface area contributed by atoms with Crippen molar-refractivity contribution in [3.8, 4) is 0 Å². The fourth-order valence-electron chi connectivity index (χ4n) is 6.62. The molecule has 0 radical (unpaired) electrons. The molecule has 4 aliphatic rings. The van der Waals surface area contributed by atoms with Crippen LogP contribution in [0.3, 0.4) is 0 Å². The Morgan fingerprint density at radius 3 is 2.53 bits per heavy atom. The average Bonchev–Trinajstić information content (AvgIpc) is 3.55. The van der Waals surface area contributed by atoms with Crippen LogP contribution < -0.4 is 10.6 Å². The van der Waals surface area contributed by atoms with Crippen LogP contribution in [0.2, 0.25) is 10.0 Å². The van der Waals surface area contributed by atoms with E-state index < -0.39 is 29.6 Å². The van der Waals surface area contributed by atoms with E-state index in [0.29, 0.717) is 28.8 Å². The van der Waals surface area contributed by atoms with Crippen molar-refractivity contribution in [2.45, 2.75) is 69.7 Å². The maximum Gasteiger partial charge on any atom is 0.246 e. The molecule has 8 nitrogen and oxygen atoms in total.